The Morgan fingerprint density at radius 2 is 2.00 bits per heavy atom. The lowest BCUT2D eigenvalue weighted by molar-refractivity contribution is -0.164. The number of hydrogen-bond donors (Lipinski definition) is 0. The van der Waals surface area contributed by atoms with Crippen LogP contribution in [0.3, 0.4) is 0 Å². The van der Waals surface area contributed by atoms with Gasteiger partial charge in [0.15, 0.2) is 11.5 Å². The molecule has 0 aromatic rings. The molecule has 7 heteroatoms. The normalized spacial score (nSPS) is 36.9. The Morgan fingerprint density at radius 3 is 2.39 bits per heavy atom. The zero-order valence-electron chi connectivity index (χ0n) is 10.1. The van der Waals surface area contributed by atoms with Gasteiger partial charge in [-0.2, -0.15) is 0 Å². The number of fused-ring (bicyclic) bond motifs is 1. The van der Waals surface area contributed by atoms with Crippen molar-refractivity contribution in [2.45, 2.75) is 30.7 Å². The van der Waals surface area contributed by atoms with Gasteiger partial charge < -0.3 is 9.47 Å². The molecule has 1 saturated heterocycles. The Bertz CT molecular complexity index is 415. The summed E-state index contributed by atoms with van der Waals surface area (Å²) in [5.41, 5.74) is -1.94. The summed E-state index contributed by atoms with van der Waals surface area (Å²) < 4.78 is 8.28. The van der Waals surface area contributed by atoms with E-state index >= 15 is 0 Å². The van der Waals surface area contributed by atoms with E-state index in [9.17, 15) is 9.59 Å². The molecule has 2 fully saturated rings. The summed E-state index contributed by atoms with van der Waals surface area (Å²) in [5.74, 6) is -1.72. The molecule has 1 saturated carbocycles. The maximum atomic E-state index is 12.1. The van der Waals surface area contributed by atoms with E-state index in [1.165, 1.54) is 0 Å². The van der Waals surface area contributed by atoms with Gasteiger partial charge in [-0.25, -0.2) is 0 Å². The molecule has 2 aliphatic rings. The van der Waals surface area contributed by atoms with Crippen LogP contribution in [0.25, 0.3) is 0 Å². The lowest BCUT2D eigenvalue weighted by Crippen LogP contribution is -2.34. The van der Waals surface area contributed by atoms with Crippen molar-refractivity contribution >= 4 is 46.7 Å². The Balaban J connectivity index is 2.38. The van der Waals surface area contributed by atoms with E-state index in [2.05, 4.69) is 0 Å². The molecule has 2 rings (SSSR count). The first kappa shape index (κ1) is 14.2. The van der Waals surface area contributed by atoms with E-state index < -0.39 is 38.6 Å². The van der Waals surface area contributed by atoms with Gasteiger partial charge in [0.2, 0.25) is 3.79 Å². The van der Waals surface area contributed by atoms with Crippen molar-refractivity contribution in [2.75, 3.05) is 6.61 Å². The fraction of sp³-hybridized carbons (Fsp3) is 0.818. The van der Waals surface area contributed by atoms with Gasteiger partial charge in [-0.3, -0.25) is 9.59 Å². The van der Waals surface area contributed by atoms with Gasteiger partial charge in [0.25, 0.3) is 0 Å². The number of alkyl halides is 3. The van der Waals surface area contributed by atoms with Crippen molar-refractivity contribution < 1.29 is 19.1 Å². The minimum absolute atomic E-state index is 0.190. The maximum absolute atomic E-state index is 12.1. The van der Waals surface area contributed by atoms with Gasteiger partial charge in [-0.15, -0.1) is 0 Å². The van der Waals surface area contributed by atoms with Crippen LogP contribution in [0.2, 0.25) is 0 Å². The molecule has 0 spiro atoms. The fourth-order valence-corrected chi connectivity index (χ4v) is 3.56. The maximum Gasteiger partial charge on any atom is 0.324 e. The lowest BCUT2D eigenvalue weighted by atomic mass is 9.96. The van der Waals surface area contributed by atoms with Gasteiger partial charge in [0.1, 0.15) is 0 Å². The topological polar surface area (TPSA) is 52.6 Å². The summed E-state index contributed by atoms with van der Waals surface area (Å²) in [5, 5.41) is 0. The van der Waals surface area contributed by atoms with Gasteiger partial charge in [-0.1, -0.05) is 48.7 Å². The predicted octanol–water partition coefficient (Wildman–Crippen LogP) is 2.49. The summed E-state index contributed by atoms with van der Waals surface area (Å²) in [6.45, 7) is 5.41. The summed E-state index contributed by atoms with van der Waals surface area (Å²) in [4.78, 5) is 24.1. The van der Waals surface area contributed by atoms with Crippen LogP contribution in [0, 0.1) is 16.7 Å². The quantitative estimate of drug-likeness (QED) is 0.446. The average molecular weight is 316 g/mol. The van der Waals surface area contributed by atoms with Gasteiger partial charge >= 0.3 is 11.9 Å². The van der Waals surface area contributed by atoms with E-state index in [0.717, 1.165) is 0 Å². The molecule has 0 N–H and O–H groups in total. The number of esters is 2. The molecular weight excluding hydrogens is 302 g/mol. The molecule has 102 valence electrons. The molecule has 0 amide bonds. The van der Waals surface area contributed by atoms with Crippen LogP contribution in [0.4, 0.5) is 0 Å². The smallest absolute Gasteiger partial charge is 0.324 e. The van der Waals surface area contributed by atoms with Crippen molar-refractivity contribution in [1.82, 2.24) is 0 Å². The SMILES string of the molecule is CCOC(=O)[C@@]12C(=O)O[C@@H](C(Cl)(Cl)Cl)C1C2(C)C. The van der Waals surface area contributed by atoms with E-state index in [1.54, 1.807) is 20.8 Å². The Labute approximate surface area is 120 Å². The van der Waals surface area contributed by atoms with Crippen molar-refractivity contribution in [1.29, 1.82) is 0 Å². The number of carbonyl (C=O) groups excluding carboxylic acids is 2. The fourth-order valence-electron chi connectivity index (χ4n) is 3.05. The number of rotatable bonds is 2. The number of cyclic esters (lactones) is 1. The van der Waals surface area contributed by atoms with Crippen LogP contribution >= 0.6 is 34.8 Å². The second-order valence-electron chi connectivity index (χ2n) is 5.10. The van der Waals surface area contributed by atoms with Crippen LogP contribution in [0.5, 0.6) is 0 Å². The average Bonchev–Trinajstić information content (AvgIpc) is 2.54. The molecule has 1 aliphatic heterocycles. The Morgan fingerprint density at radius 1 is 1.44 bits per heavy atom. The minimum atomic E-state index is -1.75. The molecule has 18 heavy (non-hydrogen) atoms. The molecule has 3 atom stereocenters. The zero-order valence-corrected chi connectivity index (χ0v) is 12.4. The third kappa shape index (κ3) is 1.52. The van der Waals surface area contributed by atoms with E-state index in [4.69, 9.17) is 44.3 Å². The first-order chi connectivity index (χ1) is 8.11. The van der Waals surface area contributed by atoms with E-state index in [1.807, 2.05) is 0 Å². The van der Waals surface area contributed by atoms with Gasteiger partial charge in [-0.05, 0) is 6.92 Å². The summed E-state index contributed by atoms with van der Waals surface area (Å²) in [6.07, 6.45) is -0.922. The highest BCUT2D eigenvalue weighted by Crippen LogP contribution is 2.76. The number of ether oxygens (including phenoxy) is 2. The third-order valence-electron chi connectivity index (χ3n) is 3.96. The second kappa shape index (κ2) is 3.90. The highest BCUT2D eigenvalue weighted by atomic mass is 35.6. The first-order valence-corrected chi connectivity index (χ1v) is 6.70. The predicted molar refractivity (Wildman–Crippen MR) is 66.5 cm³/mol. The molecule has 4 nitrogen and oxygen atoms in total. The van der Waals surface area contributed by atoms with Crippen LogP contribution in [0.1, 0.15) is 20.8 Å². The number of halogens is 3. The standard InChI is InChI=1S/C11H13Cl3O4/c1-4-17-7(15)10-5(9(10,2)3)6(11(12,13)14)18-8(10)16/h5-6H,4H2,1-3H3/t5?,6-,10-/m1/s1. The van der Waals surface area contributed by atoms with Gasteiger partial charge in [0, 0.05) is 11.3 Å². The molecule has 0 bridgehead atoms. The third-order valence-corrected chi connectivity index (χ3v) is 4.60. The van der Waals surface area contributed by atoms with Crippen LogP contribution in [-0.4, -0.2) is 28.4 Å². The highest BCUT2D eigenvalue weighted by molar-refractivity contribution is 6.68. The Hall–Kier alpha value is -0.190. The monoisotopic (exact) mass is 314 g/mol. The molecule has 1 heterocycles. The van der Waals surface area contributed by atoms with Crippen molar-refractivity contribution in [3.8, 4) is 0 Å². The largest absolute Gasteiger partial charge is 0.465 e. The van der Waals surface area contributed by atoms with Crippen LogP contribution < -0.4 is 0 Å². The number of hydrogen-bond acceptors (Lipinski definition) is 4. The summed E-state index contributed by atoms with van der Waals surface area (Å²) in [7, 11) is 0. The zero-order chi connectivity index (χ0) is 13.9. The van der Waals surface area contributed by atoms with Gasteiger partial charge in [0.05, 0.1) is 6.61 Å². The Kier molecular flexibility index (Phi) is 3.08. The highest BCUT2D eigenvalue weighted by Gasteiger charge is 2.89. The van der Waals surface area contributed by atoms with E-state index in [0.29, 0.717) is 0 Å². The lowest BCUT2D eigenvalue weighted by Gasteiger charge is -2.24. The molecule has 1 unspecified atom stereocenters. The van der Waals surface area contributed by atoms with Crippen molar-refractivity contribution in [2.24, 2.45) is 16.7 Å². The second-order valence-corrected chi connectivity index (χ2v) is 7.46. The molecular formula is C11H13Cl3O4. The molecule has 0 aromatic carbocycles. The minimum Gasteiger partial charge on any atom is -0.465 e. The summed E-state index contributed by atoms with van der Waals surface area (Å²) >= 11 is 17.4. The molecule has 1 aliphatic carbocycles. The number of carbonyl (C=O) groups is 2. The van der Waals surface area contributed by atoms with Crippen molar-refractivity contribution in [3.05, 3.63) is 0 Å². The van der Waals surface area contributed by atoms with E-state index in [-0.39, 0.29) is 6.61 Å². The molecule has 0 radical (unpaired) electrons. The first-order valence-electron chi connectivity index (χ1n) is 5.56. The molecule has 0 aromatic heterocycles. The van der Waals surface area contributed by atoms with Crippen LogP contribution in [0.15, 0.2) is 0 Å². The van der Waals surface area contributed by atoms with Crippen LogP contribution in [-0.2, 0) is 19.1 Å². The van der Waals surface area contributed by atoms with Crippen molar-refractivity contribution in [3.63, 3.8) is 0 Å². The summed E-state index contributed by atoms with van der Waals surface area (Å²) in [6, 6.07) is 0.